The third kappa shape index (κ3) is 9.82. The fourth-order valence-electron chi connectivity index (χ4n) is 2.97. The normalized spacial score (nSPS) is 14.5. The number of benzene rings is 1. The zero-order valence-electron chi connectivity index (χ0n) is 19.5. The first kappa shape index (κ1) is 29.6. The Balaban J connectivity index is 2.82. The number of nitrogens with two attached hydrogens (primary N) is 1. The molecule has 0 aliphatic rings. The van der Waals surface area contributed by atoms with Gasteiger partial charge in [0.25, 0.3) is 0 Å². The second-order valence-corrected chi connectivity index (χ2v) is 9.48. The summed E-state index contributed by atoms with van der Waals surface area (Å²) in [6.07, 6.45) is 2.34. The van der Waals surface area contributed by atoms with Crippen molar-refractivity contribution in [1.82, 2.24) is 16.0 Å². The van der Waals surface area contributed by atoms with Crippen LogP contribution in [0.1, 0.15) is 25.8 Å². The van der Waals surface area contributed by atoms with Gasteiger partial charge in [0.05, 0.1) is 6.04 Å². The topological polar surface area (TPSA) is 171 Å². The van der Waals surface area contributed by atoms with E-state index in [0.29, 0.717) is 17.7 Å². The van der Waals surface area contributed by atoms with Crippen LogP contribution < -0.4 is 21.7 Å². The maximum absolute atomic E-state index is 12.8. The largest absolute Gasteiger partial charge is 0.508 e. The number of hydrogen-bond donors (Lipinski definition) is 7. The van der Waals surface area contributed by atoms with Gasteiger partial charge in [0.2, 0.25) is 17.7 Å². The lowest BCUT2D eigenvalue weighted by Crippen LogP contribution is -2.59. The molecular weight excluding hydrogens is 480 g/mol. The van der Waals surface area contributed by atoms with Gasteiger partial charge in [-0.05, 0) is 42.0 Å². The van der Waals surface area contributed by atoms with Crippen LogP contribution in [0, 0.1) is 5.92 Å². The summed E-state index contributed by atoms with van der Waals surface area (Å²) in [4.78, 5) is 49.6. The van der Waals surface area contributed by atoms with Gasteiger partial charge < -0.3 is 31.9 Å². The van der Waals surface area contributed by atoms with E-state index in [1.165, 1.54) is 12.1 Å². The van der Waals surface area contributed by atoms with E-state index in [0.717, 1.165) is 0 Å². The predicted molar refractivity (Wildman–Crippen MR) is 135 cm³/mol. The van der Waals surface area contributed by atoms with Crippen LogP contribution in [0.4, 0.5) is 0 Å². The van der Waals surface area contributed by atoms with Gasteiger partial charge in [0.1, 0.15) is 23.9 Å². The molecule has 0 radical (unpaired) electrons. The van der Waals surface area contributed by atoms with Crippen molar-refractivity contribution < 1.29 is 29.4 Å². The maximum atomic E-state index is 12.8. The minimum Gasteiger partial charge on any atom is -0.508 e. The van der Waals surface area contributed by atoms with Crippen molar-refractivity contribution in [2.45, 2.75) is 50.9 Å². The molecule has 0 spiro atoms. The number of thiol groups is 1. The molecule has 1 rings (SSSR count). The highest BCUT2D eigenvalue weighted by molar-refractivity contribution is 7.98. The zero-order chi connectivity index (χ0) is 25.8. The van der Waals surface area contributed by atoms with E-state index in [-0.39, 0.29) is 23.8 Å². The molecule has 0 aliphatic carbocycles. The number of aliphatic carboxylic acids is 1. The maximum Gasteiger partial charge on any atom is 0.326 e. The lowest BCUT2D eigenvalue weighted by Gasteiger charge is -2.26. The third-order valence-corrected chi connectivity index (χ3v) is 6.03. The van der Waals surface area contributed by atoms with Crippen molar-refractivity contribution >= 4 is 48.1 Å². The van der Waals surface area contributed by atoms with Gasteiger partial charge in [0.15, 0.2) is 0 Å². The summed E-state index contributed by atoms with van der Waals surface area (Å²) in [5.74, 6) is -2.68. The van der Waals surface area contributed by atoms with E-state index >= 15 is 0 Å². The predicted octanol–water partition coefficient (Wildman–Crippen LogP) is 0.140. The summed E-state index contributed by atoms with van der Waals surface area (Å²) in [7, 11) is 0. The first-order valence-corrected chi connectivity index (χ1v) is 12.8. The summed E-state index contributed by atoms with van der Waals surface area (Å²) in [5, 5.41) is 26.5. The molecule has 0 saturated carbocycles. The van der Waals surface area contributed by atoms with E-state index in [4.69, 9.17) is 5.73 Å². The van der Waals surface area contributed by atoms with Crippen molar-refractivity contribution in [3.63, 3.8) is 0 Å². The molecule has 1 aromatic carbocycles. The van der Waals surface area contributed by atoms with E-state index in [9.17, 15) is 29.4 Å². The Morgan fingerprint density at radius 2 is 1.59 bits per heavy atom. The SMILES string of the molecule is CSCCC(N)C(=O)NC(C(=O)NC(CS)C(=O)NC(Cc1ccc(O)cc1)C(=O)O)C(C)C. The molecule has 0 fully saturated rings. The number of nitrogens with one attached hydrogen (secondary N) is 3. The van der Waals surface area contributed by atoms with E-state index in [1.807, 2.05) is 6.26 Å². The first-order chi connectivity index (χ1) is 16.0. The molecule has 4 atom stereocenters. The third-order valence-electron chi connectivity index (χ3n) is 5.02. The fourth-order valence-corrected chi connectivity index (χ4v) is 3.71. The lowest BCUT2D eigenvalue weighted by molar-refractivity contribution is -0.142. The highest BCUT2D eigenvalue weighted by atomic mass is 32.2. The monoisotopic (exact) mass is 514 g/mol. The molecule has 0 saturated heterocycles. The van der Waals surface area contributed by atoms with Gasteiger partial charge >= 0.3 is 5.97 Å². The Hall–Kier alpha value is -2.44. The van der Waals surface area contributed by atoms with Crippen LogP contribution >= 0.6 is 24.4 Å². The number of phenolic OH excluding ortho intramolecular Hbond substituents is 1. The molecule has 0 bridgehead atoms. The van der Waals surface area contributed by atoms with E-state index < -0.39 is 47.9 Å². The molecule has 3 amide bonds. The van der Waals surface area contributed by atoms with Gasteiger partial charge in [0, 0.05) is 12.2 Å². The first-order valence-electron chi connectivity index (χ1n) is 10.8. The highest BCUT2D eigenvalue weighted by Crippen LogP contribution is 2.12. The summed E-state index contributed by atoms with van der Waals surface area (Å²) >= 11 is 5.67. The van der Waals surface area contributed by atoms with Crippen LogP contribution in [0.3, 0.4) is 0 Å². The lowest BCUT2D eigenvalue weighted by atomic mass is 10.0. The molecule has 7 N–H and O–H groups in total. The van der Waals surface area contributed by atoms with E-state index in [1.54, 1.807) is 37.7 Å². The van der Waals surface area contributed by atoms with Crippen LogP contribution in [-0.2, 0) is 25.6 Å². The Bertz CT molecular complexity index is 837. The second-order valence-electron chi connectivity index (χ2n) is 8.13. The zero-order valence-corrected chi connectivity index (χ0v) is 21.2. The quantitative estimate of drug-likeness (QED) is 0.172. The van der Waals surface area contributed by atoms with Gasteiger partial charge in [-0.25, -0.2) is 4.79 Å². The van der Waals surface area contributed by atoms with Crippen LogP contribution in [0.5, 0.6) is 5.75 Å². The number of carboxylic acids is 1. The number of rotatable bonds is 14. The molecule has 0 aliphatic heterocycles. The van der Waals surface area contributed by atoms with Crippen molar-refractivity contribution in [3.05, 3.63) is 29.8 Å². The average molecular weight is 515 g/mol. The molecule has 190 valence electrons. The minimum absolute atomic E-state index is 0.0206. The Morgan fingerprint density at radius 1 is 1.00 bits per heavy atom. The number of amides is 3. The minimum atomic E-state index is -1.26. The number of thioether (sulfide) groups is 1. The van der Waals surface area contributed by atoms with Crippen molar-refractivity contribution in [2.24, 2.45) is 11.7 Å². The molecule has 12 heteroatoms. The Morgan fingerprint density at radius 3 is 2.09 bits per heavy atom. The number of carbonyl (C=O) groups is 4. The number of aromatic hydroxyl groups is 1. The van der Waals surface area contributed by atoms with Gasteiger partial charge in [-0.15, -0.1) is 0 Å². The molecule has 1 aromatic rings. The average Bonchev–Trinajstić information content (AvgIpc) is 2.79. The van der Waals surface area contributed by atoms with E-state index in [2.05, 4.69) is 28.6 Å². The number of carbonyl (C=O) groups excluding carboxylic acids is 3. The van der Waals surface area contributed by atoms with Gasteiger partial charge in [-0.1, -0.05) is 26.0 Å². The molecule has 0 heterocycles. The smallest absolute Gasteiger partial charge is 0.326 e. The van der Waals surface area contributed by atoms with Crippen molar-refractivity contribution in [2.75, 3.05) is 17.8 Å². The number of carboxylic acid groups (broad SMARTS) is 1. The van der Waals surface area contributed by atoms with Crippen LogP contribution in [0.15, 0.2) is 24.3 Å². The molecule has 34 heavy (non-hydrogen) atoms. The number of hydrogen-bond acceptors (Lipinski definition) is 8. The summed E-state index contributed by atoms with van der Waals surface area (Å²) in [5.41, 5.74) is 6.47. The Kier molecular flexibility index (Phi) is 12.8. The molecular formula is C22H34N4O6S2. The van der Waals surface area contributed by atoms with Crippen LogP contribution in [-0.4, -0.2) is 75.8 Å². The fraction of sp³-hybridized carbons (Fsp3) is 0.545. The Labute approximate surface area is 209 Å². The standard InChI is InChI=1S/C22H34N4O6S2/c1-12(2)18(26-19(28)15(23)8-9-34-3)21(30)25-17(11-33)20(29)24-16(22(31)32)10-13-4-6-14(27)7-5-13/h4-7,12,15-18,27,33H,8-11,23H2,1-3H3,(H,24,29)(H,25,30)(H,26,28)(H,31,32). The van der Waals surface area contributed by atoms with Crippen LogP contribution in [0.25, 0.3) is 0 Å². The summed E-state index contributed by atoms with van der Waals surface area (Å²) < 4.78 is 0. The van der Waals surface area contributed by atoms with Crippen molar-refractivity contribution in [3.8, 4) is 5.75 Å². The summed E-state index contributed by atoms with van der Waals surface area (Å²) in [6.45, 7) is 3.48. The summed E-state index contributed by atoms with van der Waals surface area (Å²) in [6, 6.07) is 1.86. The van der Waals surface area contributed by atoms with Crippen LogP contribution in [0.2, 0.25) is 0 Å². The number of phenols is 1. The second kappa shape index (κ2) is 14.7. The van der Waals surface area contributed by atoms with Gasteiger partial charge in [-0.3, -0.25) is 14.4 Å². The highest BCUT2D eigenvalue weighted by Gasteiger charge is 2.31. The molecule has 10 nitrogen and oxygen atoms in total. The van der Waals surface area contributed by atoms with Crippen molar-refractivity contribution in [1.29, 1.82) is 0 Å². The molecule has 0 aromatic heterocycles. The van der Waals surface area contributed by atoms with Gasteiger partial charge in [-0.2, -0.15) is 24.4 Å². The molecule has 4 unspecified atom stereocenters.